The molecule has 56 valence electrons. The molecular weight excluding hydrogens is 140 g/mol. The van der Waals surface area contributed by atoms with Crippen LogP contribution in [0.1, 0.15) is 6.92 Å². The van der Waals surface area contributed by atoms with Gasteiger partial charge in [-0.2, -0.15) is 5.10 Å². The quantitative estimate of drug-likeness (QED) is 0.184. The van der Waals surface area contributed by atoms with E-state index in [2.05, 4.69) is 36.2 Å². The van der Waals surface area contributed by atoms with Crippen molar-refractivity contribution in [3.8, 4) is 11.5 Å². The lowest BCUT2D eigenvalue weighted by Gasteiger charge is -2.02. The standard InChI is InChI=1S/C7H14N2Si/c1-7(9-8)5-6-10(2,3)4/h8H2,1-4H3/b9-7+. The number of nitrogens with two attached hydrogens (primary N) is 1. The third-order valence-corrected chi connectivity index (χ3v) is 1.69. The second-order valence-electron chi connectivity index (χ2n) is 3.21. The van der Waals surface area contributed by atoms with Gasteiger partial charge in [0.25, 0.3) is 0 Å². The second-order valence-corrected chi connectivity index (χ2v) is 7.96. The summed E-state index contributed by atoms with van der Waals surface area (Å²) in [5.74, 6) is 7.91. The van der Waals surface area contributed by atoms with E-state index >= 15 is 0 Å². The average molecular weight is 154 g/mol. The minimum atomic E-state index is -1.23. The zero-order valence-corrected chi connectivity index (χ0v) is 8.02. The first kappa shape index (κ1) is 9.25. The second kappa shape index (κ2) is 3.42. The van der Waals surface area contributed by atoms with Gasteiger partial charge in [-0.05, 0) is 6.92 Å². The molecule has 0 aliphatic heterocycles. The van der Waals surface area contributed by atoms with E-state index in [0.29, 0.717) is 5.71 Å². The highest BCUT2D eigenvalue weighted by Crippen LogP contribution is 1.95. The fourth-order valence-electron chi connectivity index (χ4n) is 0.310. The molecule has 10 heavy (non-hydrogen) atoms. The summed E-state index contributed by atoms with van der Waals surface area (Å²) in [4.78, 5) is 0. The van der Waals surface area contributed by atoms with Crippen molar-refractivity contribution in [2.45, 2.75) is 26.6 Å². The maximum absolute atomic E-state index is 5.00. The lowest BCUT2D eigenvalue weighted by Crippen LogP contribution is -2.16. The van der Waals surface area contributed by atoms with Gasteiger partial charge in [0.15, 0.2) is 0 Å². The van der Waals surface area contributed by atoms with Crippen molar-refractivity contribution in [3.63, 3.8) is 0 Å². The monoisotopic (exact) mass is 154 g/mol. The molecule has 0 aromatic rings. The van der Waals surface area contributed by atoms with Gasteiger partial charge in [0.05, 0.1) is 0 Å². The van der Waals surface area contributed by atoms with Crippen LogP contribution < -0.4 is 5.84 Å². The third-order valence-electron chi connectivity index (χ3n) is 0.812. The molecule has 0 heterocycles. The first-order chi connectivity index (χ1) is 4.45. The van der Waals surface area contributed by atoms with E-state index in [1.165, 1.54) is 0 Å². The fourth-order valence-corrected chi connectivity index (χ4v) is 0.866. The zero-order valence-electron chi connectivity index (χ0n) is 7.02. The van der Waals surface area contributed by atoms with E-state index in [4.69, 9.17) is 5.84 Å². The lowest BCUT2D eigenvalue weighted by molar-refractivity contribution is 1.25. The molecule has 0 rings (SSSR count). The Morgan fingerprint density at radius 2 is 1.90 bits per heavy atom. The number of rotatable bonds is 0. The summed E-state index contributed by atoms with van der Waals surface area (Å²) in [7, 11) is -1.23. The maximum atomic E-state index is 5.00. The van der Waals surface area contributed by atoms with Gasteiger partial charge < -0.3 is 5.84 Å². The summed E-state index contributed by atoms with van der Waals surface area (Å²) in [6.07, 6.45) is 0. The summed E-state index contributed by atoms with van der Waals surface area (Å²) in [5.41, 5.74) is 3.86. The molecule has 2 nitrogen and oxygen atoms in total. The molecule has 0 atom stereocenters. The fraction of sp³-hybridized carbons (Fsp3) is 0.571. The molecule has 0 fully saturated rings. The summed E-state index contributed by atoms with van der Waals surface area (Å²) in [6, 6.07) is 0. The van der Waals surface area contributed by atoms with Crippen LogP contribution in [0.2, 0.25) is 19.6 Å². The van der Waals surface area contributed by atoms with Gasteiger partial charge in [0, 0.05) is 0 Å². The van der Waals surface area contributed by atoms with E-state index in [1.54, 1.807) is 0 Å². The van der Waals surface area contributed by atoms with Crippen LogP contribution in [-0.4, -0.2) is 13.8 Å². The van der Waals surface area contributed by atoms with Crippen LogP contribution in [0.5, 0.6) is 0 Å². The third kappa shape index (κ3) is 5.38. The van der Waals surface area contributed by atoms with Crippen molar-refractivity contribution >= 4 is 13.8 Å². The van der Waals surface area contributed by atoms with Gasteiger partial charge in [0.2, 0.25) is 0 Å². The normalized spacial score (nSPS) is 12.2. The molecule has 2 N–H and O–H groups in total. The number of hydrogen-bond donors (Lipinski definition) is 1. The highest BCUT2D eigenvalue weighted by atomic mass is 28.3. The summed E-state index contributed by atoms with van der Waals surface area (Å²) < 4.78 is 0. The average Bonchev–Trinajstić information content (AvgIpc) is 1.81. The van der Waals surface area contributed by atoms with Crippen molar-refractivity contribution in [3.05, 3.63) is 0 Å². The first-order valence-electron chi connectivity index (χ1n) is 3.23. The molecule has 3 heteroatoms. The van der Waals surface area contributed by atoms with Crippen LogP contribution in [0.15, 0.2) is 5.10 Å². The van der Waals surface area contributed by atoms with E-state index in [1.807, 2.05) is 6.92 Å². The largest absolute Gasteiger partial charge is 0.322 e. The Bertz CT molecular complexity index is 190. The van der Waals surface area contributed by atoms with Crippen molar-refractivity contribution < 1.29 is 0 Å². The van der Waals surface area contributed by atoms with Crippen molar-refractivity contribution in [2.24, 2.45) is 10.9 Å². The Kier molecular flexibility index (Phi) is 3.17. The lowest BCUT2D eigenvalue weighted by atomic mass is 10.5. The predicted molar refractivity (Wildman–Crippen MR) is 48.4 cm³/mol. The van der Waals surface area contributed by atoms with Gasteiger partial charge in [0.1, 0.15) is 13.8 Å². The molecule has 0 saturated heterocycles. The SMILES string of the molecule is C/C(C#C[Si](C)(C)C)=N\N. The van der Waals surface area contributed by atoms with E-state index in [-0.39, 0.29) is 0 Å². The van der Waals surface area contributed by atoms with Gasteiger partial charge in [-0.1, -0.05) is 25.6 Å². The molecule has 0 saturated carbocycles. The van der Waals surface area contributed by atoms with Gasteiger partial charge in [-0.3, -0.25) is 0 Å². The van der Waals surface area contributed by atoms with Crippen LogP contribution in [0, 0.1) is 11.5 Å². The summed E-state index contributed by atoms with van der Waals surface area (Å²) >= 11 is 0. The van der Waals surface area contributed by atoms with Crippen molar-refractivity contribution in [2.75, 3.05) is 0 Å². The molecule has 0 radical (unpaired) electrons. The van der Waals surface area contributed by atoms with E-state index in [9.17, 15) is 0 Å². The minimum Gasteiger partial charge on any atom is -0.322 e. The molecule has 0 unspecified atom stereocenters. The summed E-state index contributed by atoms with van der Waals surface area (Å²) in [6.45, 7) is 8.37. The molecule has 0 aromatic heterocycles. The number of hydrogen-bond acceptors (Lipinski definition) is 2. The maximum Gasteiger partial charge on any atom is 0.129 e. The highest BCUT2D eigenvalue weighted by Gasteiger charge is 2.07. The Hall–Kier alpha value is -0.753. The first-order valence-corrected chi connectivity index (χ1v) is 6.73. The van der Waals surface area contributed by atoms with E-state index < -0.39 is 8.07 Å². The molecule has 0 aliphatic rings. The van der Waals surface area contributed by atoms with Gasteiger partial charge in [-0.15, -0.1) is 5.54 Å². The van der Waals surface area contributed by atoms with Crippen LogP contribution in [0.4, 0.5) is 0 Å². The van der Waals surface area contributed by atoms with Crippen LogP contribution in [0.25, 0.3) is 0 Å². The van der Waals surface area contributed by atoms with Gasteiger partial charge in [-0.25, -0.2) is 0 Å². The van der Waals surface area contributed by atoms with Crippen molar-refractivity contribution in [1.82, 2.24) is 0 Å². The number of nitrogens with zero attached hydrogens (tertiary/aromatic N) is 1. The minimum absolute atomic E-state index is 0.711. The molecule has 0 amide bonds. The topological polar surface area (TPSA) is 38.4 Å². The smallest absolute Gasteiger partial charge is 0.129 e. The highest BCUT2D eigenvalue weighted by molar-refractivity contribution is 6.84. The van der Waals surface area contributed by atoms with Crippen molar-refractivity contribution in [1.29, 1.82) is 0 Å². The Labute approximate surface area is 63.5 Å². The Morgan fingerprint density at radius 1 is 1.40 bits per heavy atom. The van der Waals surface area contributed by atoms with Crippen LogP contribution in [0.3, 0.4) is 0 Å². The van der Waals surface area contributed by atoms with Crippen LogP contribution in [-0.2, 0) is 0 Å². The predicted octanol–water partition coefficient (Wildman–Crippen LogP) is 1.20. The van der Waals surface area contributed by atoms with E-state index in [0.717, 1.165) is 0 Å². The number of hydrazone groups is 1. The van der Waals surface area contributed by atoms with Gasteiger partial charge >= 0.3 is 0 Å². The molecule has 0 aliphatic carbocycles. The molecular formula is C7H14N2Si. The molecule has 0 spiro atoms. The van der Waals surface area contributed by atoms with Crippen LogP contribution >= 0.6 is 0 Å². The Balaban J connectivity index is 4.19. The summed E-state index contributed by atoms with van der Waals surface area (Å²) in [5, 5.41) is 3.46. The Morgan fingerprint density at radius 3 is 2.20 bits per heavy atom. The molecule has 0 bridgehead atoms. The zero-order chi connectivity index (χ0) is 8.20. The molecule has 0 aromatic carbocycles.